The second-order valence-electron chi connectivity index (χ2n) is 3.38. The summed E-state index contributed by atoms with van der Waals surface area (Å²) < 4.78 is 39.6. The highest BCUT2D eigenvalue weighted by molar-refractivity contribution is 6.30. The minimum Gasteiger partial charge on any atom is -0.480 e. The number of hydrogen-bond donors (Lipinski definition) is 2. The van der Waals surface area contributed by atoms with E-state index in [1.165, 1.54) is 0 Å². The van der Waals surface area contributed by atoms with Gasteiger partial charge in [0.2, 0.25) is 0 Å². The van der Waals surface area contributed by atoms with E-state index in [0.717, 1.165) is 12.1 Å². The van der Waals surface area contributed by atoms with Gasteiger partial charge in [-0.3, -0.25) is 9.59 Å². The van der Waals surface area contributed by atoms with Crippen molar-refractivity contribution in [3.05, 3.63) is 28.8 Å². The zero-order valence-corrected chi connectivity index (χ0v) is 9.70. The van der Waals surface area contributed by atoms with E-state index in [9.17, 15) is 22.8 Å². The number of halogens is 4. The van der Waals surface area contributed by atoms with Crippen LogP contribution >= 0.6 is 11.6 Å². The Hall–Kier alpha value is -1.96. The van der Waals surface area contributed by atoms with Crippen LogP contribution in [0.2, 0.25) is 5.02 Å². The molecule has 0 saturated carbocycles. The first-order valence-corrected chi connectivity index (χ1v) is 5.00. The summed E-state index contributed by atoms with van der Waals surface area (Å²) in [4.78, 5) is 21.5. The summed E-state index contributed by atoms with van der Waals surface area (Å²) in [6.07, 6.45) is -5.00. The molecule has 1 aromatic rings. The number of alkyl halides is 3. The Morgan fingerprint density at radius 1 is 1.16 bits per heavy atom. The van der Waals surface area contributed by atoms with E-state index in [2.05, 4.69) is 4.74 Å². The Kier molecular flexibility index (Phi) is 4.25. The van der Waals surface area contributed by atoms with Crippen molar-refractivity contribution in [1.29, 1.82) is 0 Å². The van der Waals surface area contributed by atoms with Crippen LogP contribution in [-0.4, -0.2) is 28.5 Å². The second kappa shape index (κ2) is 5.35. The molecule has 104 valence electrons. The third-order valence-corrected chi connectivity index (χ3v) is 2.17. The minimum atomic E-state index is -5.00. The lowest BCUT2D eigenvalue weighted by atomic mass is 9.99. The highest BCUT2D eigenvalue weighted by Gasteiger charge is 2.33. The van der Waals surface area contributed by atoms with Gasteiger partial charge < -0.3 is 14.9 Å². The molecule has 9 heteroatoms. The molecule has 0 aromatic heterocycles. The average molecular weight is 299 g/mol. The molecule has 5 nitrogen and oxygen atoms in total. The molecule has 0 fully saturated rings. The lowest BCUT2D eigenvalue weighted by Gasteiger charge is -2.13. The summed E-state index contributed by atoms with van der Waals surface area (Å²) in [6, 6.07) is 2.39. The third-order valence-electron chi connectivity index (χ3n) is 1.95. The van der Waals surface area contributed by atoms with Gasteiger partial charge in [0.25, 0.3) is 0 Å². The molecule has 0 heterocycles. The van der Waals surface area contributed by atoms with Crippen molar-refractivity contribution in [2.75, 3.05) is 0 Å². The van der Waals surface area contributed by atoms with Gasteiger partial charge in [-0.05, 0) is 23.8 Å². The van der Waals surface area contributed by atoms with E-state index >= 15 is 0 Å². The largest absolute Gasteiger partial charge is 0.573 e. The Bertz CT molecular complexity index is 500. The quantitative estimate of drug-likeness (QED) is 0.834. The molecule has 19 heavy (non-hydrogen) atoms. The molecule has 1 aromatic carbocycles. The van der Waals surface area contributed by atoms with Crippen LogP contribution in [0.3, 0.4) is 0 Å². The SMILES string of the molecule is O=C(O)C(C(=O)O)c1cc(Cl)cc(OC(F)(F)F)c1. The summed E-state index contributed by atoms with van der Waals surface area (Å²) in [5.41, 5.74) is -0.424. The molecule has 0 atom stereocenters. The summed E-state index contributed by atoms with van der Waals surface area (Å²) in [5.74, 6) is -6.28. The van der Waals surface area contributed by atoms with Gasteiger partial charge in [-0.15, -0.1) is 13.2 Å². The van der Waals surface area contributed by atoms with E-state index in [1.54, 1.807) is 0 Å². The third kappa shape index (κ3) is 4.32. The lowest BCUT2D eigenvalue weighted by molar-refractivity contribution is -0.274. The average Bonchev–Trinajstić information content (AvgIpc) is 2.11. The van der Waals surface area contributed by atoms with E-state index in [0.29, 0.717) is 6.07 Å². The molecule has 0 amide bonds. The van der Waals surface area contributed by atoms with Gasteiger partial charge >= 0.3 is 18.3 Å². The highest BCUT2D eigenvalue weighted by Crippen LogP contribution is 2.30. The van der Waals surface area contributed by atoms with Crippen LogP contribution in [0.5, 0.6) is 5.75 Å². The molecule has 0 radical (unpaired) electrons. The zero-order chi connectivity index (χ0) is 14.8. The van der Waals surface area contributed by atoms with Gasteiger partial charge in [-0.1, -0.05) is 11.6 Å². The van der Waals surface area contributed by atoms with Crippen LogP contribution < -0.4 is 4.74 Å². The first kappa shape index (κ1) is 15.1. The molecule has 0 spiro atoms. The summed E-state index contributed by atoms with van der Waals surface area (Å²) in [5, 5.41) is 17.2. The van der Waals surface area contributed by atoms with Crippen LogP contribution in [-0.2, 0) is 9.59 Å². The number of hydrogen-bond acceptors (Lipinski definition) is 3. The Balaban J connectivity index is 3.22. The first-order valence-electron chi connectivity index (χ1n) is 4.62. The van der Waals surface area contributed by atoms with Crippen LogP contribution in [0.25, 0.3) is 0 Å². The Labute approximate surface area is 109 Å². The minimum absolute atomic E-state index is 0.274. The molecule has 0 aliphatic rings. The number of ether oxygens (including phenoxy) is 1. The van der Waals surface area contributed by atoms with Crippen LogP contribution in [0, 0.1) is 0 Å². The summed E-state index contributed by atoms with van der Waals surface area (Å²) in [7, 11) is 0. The molecule has 0 bridgehead atoms. The molecule has 0 unspecified atom stereocenters. The zero-order valence-electron chi connectivity index (χ0n) is 8.94. The molecular formula is C10H6ClF3O5. The summed E-state index contributed by atoms with van der Waals surface area (Å²) >= 11 is 5.50. The van der Waals surface area contributed by atoms with E-state index in [1.807, 2.05) is 0 Å². The van der Waals surface area contributed by atoms with Crippen molar-refractivity contribution in [2.45, 2.75) is 12.3 Å². The molecule has 2 N–H and O–H groups in total. The number of carboxylic acid groups (broad SMARTS) is 2. The van der Waals surface area contributed by atoms with Crippen molar-refractivity contribution in [2.24, 2.45) is 0 Å². The fraction of sp³-hybridized carbons (Fsp3) is 0.200. The maximum absolute atomic E-state index is 12.0. The second-order valence-corrected chi connectivity index (χ2v) is 3.81. The molecule has 0 aliphatic carbocycles. The molecule has 0 saturated heterocycles. The van der Waals surface area contributed by atoms with Gasteiger partial charge in [0.05, 0.1) is 0 Å². The lowest BCUT2D eigenvalue weighted by Crippen LogP contribution is -2.22. The van der Waals surface area contributed by atoms with Crippen molar-refractivity contribution < 1.29 is 37.7 Å². The van der Waals surface area contributed by atoms with Crippen molar-refractivity contribution >= 4 is 23.5 Å². The maximum atomic E-state index is 12.0. The van der Waals surface area contributed by atoms with Crippen LogP contribution in [0.15, 0.2) is 18.2 Å². The highest BCUT2D eigenvalue weighted by atomic mass is 35.5. The van der Waals surface area contributed by atoms with Crippen molar-refractivity contribution in [3.63, 3.8) is 0 Å². The number of carboxylic acids is 2. The van der Waals surface area contributed by atoms with E-state index < -0.39 is 35.5 Å². The van der Waals surface area contributed by atoms with Gasteiger partial charge in [0.1, 0.15) is 5.75 Å². The van der Waals surface area contributed by atoms with Gasteiger partial charge in [-0.2, -0.15) is 0 Å². The summed E-state index contributed by atoms with van der Waals surface area (Å²) in [6.45, 7) is 0. The van der Waals surface area contributed by atoms with Crippen molar-refractivity contribution in [1.82, 2.24) is 0 Å². The topological polar surface area (TPSA) is 83.8 Å². The number of benzene rings is 1. The van der Waals surface area contributed by atoms with Crippen molar-refractivity contribution in [3.8, 4) is 5.75 Å². The first-order chi connectivity index (χ1) is 8.60. The van der Waals surface area contributed by atoms with Gasteiger partial charge in [0, 0.05) is 5.02 Å². The van der Waals surface area contributed by atoms with E-state index in [4.69, 9.17) is 21.8 Å². The monoisotopic (exact) mass is 298 g/mol. The molecular weight excluding hydrogens is 293 g/mol. The molecule has 1 rings (SSSR count). The molecule has 0 aliphatic heterocycles. The standard InChI is InChI=1S/C10H6ClF3O5/c11-5-1-4(7(8(15)16)9(17)18)2-6(3-5)19-10(12,13)14/h1-3,7H,(H,15,16)(H,17,18). The number of rotatable bonds is 4. The maximum Gasteiger partial charge on any atom is 0.573 e. The smallest absolute Gasteiger partial charge is 0.480 e. The Morgan fingerprint density at radius 3 is 2.11 bits per heavy atom. The van der Waals surface area contributed by atoms with E-state index in [-0.39, 0.29) is 5.02 Å². The van der Waals surface area contributed by atoms with Crippen LogP contribution in [0.4, 0.5) is 13.2 Å². The number of carbonyl (C=O) groups is 2. The van der Waals surface area contributed by atoms with Crippen LogP contribution in [0.1, 0.15) is 11.5 Å². The Morgan fingerprint density at radius 2 is 1.68 bits per heavy atom. The fourth-order valence-corrected chi connectivity index (χ4v) is 1.57. The number of aliphatic carboxylic acids is 2. The van der Waals surface area contributed by atoms with Gasteiger partial charge in [-0.25, -0.2) is 0 Å². The fourth-order valence-electron chi connectivity index (χ4n) is 1.33. The predicted octanol–water partition coefficient (Wildman–Crippen LogP) is 2.49. The normalized spacial score (nSPS) is 11.4. The van der Waals surface area contributed by atoms with Gasteiger partial charge in [0.15, 0.2) is 5.92 Å². The predicted molar refractivity (Wildman–Crippen MR) is 56.1 cm³/mol.